The fourth-order valence-electron chi connectivity index (χ4n) is 12.8. The number of hydrogen-bond acceptors (Lipinski definition) is 30. The van der Waals surface area contributed by atoms with E-state index >= 15 is 0 Å². The summed E-state index contributed by atoms with van der Waals surface area (Å²) in [6.45, 7) is 4.32. The third-order valence-corrected chi connectivity index (χ3v) is 21.1. The molecule has 0 saturated carbocycles. The number of carbonyl (C=O) groups is 23. The summed E-state index contributed by atoms with van der Waals surface area (Å²) in [4.78, 5) is 311. The van der Waals surface area contributed by atoms with Crippen molar-refractivity contribution in [1.29, 1.82) is 5.41 Å². The normalized spacial score (nSPS) is 14.9. The van der Waals surface area contributed by atoms with Crippen LogP contribution >= 0.6 is 25.3 Å². The number of aliphatic hydroxyl groups excluding tert-OH is 2. The topological polar surface area (TPSA) is 904 Å². The maximum Gasteiger partial charge on any atom is 0.328 e. The van der Waals surface area contributed by atoms with Gasteiger partial charge < -0.3 is 156 Å². The van der Waals surface area contributed by atoms with Crippen molar-refractivity contribution < 1.29 is 136 Å². The summed E-state index contributed by atoms with van der Waals surface area (Å²) in [5.74, 6) is -33.0. The maximum atomic E-state index is 14.4. The van der Waals surface area contributed by atoms with Crippen LogP contribution in [0.25, 0.3) is 0 Å². The number of nitrogens with one attached hydrogen (secondary N) is 18. The molecule has 3 aromatic carbocycles. The van der Waals surface area contributed by atoms with Gasteiger partial charge in [0.1, 0.15) is 102 Å². The van der Waals surface area contributed by atoms with E-state index in [0.717, 1.165) is 6.92 Å². The Morgan fingerprint density at radius 2 is 0.638 bits per heavy atom. The van der Waals surface area contributed by atoms with Gasteiger partial charge in [-0.25, -0.2) is 4.79 Å². The van der Waals surface area contributed by atoms with Gasteiger partial charge in [0.05, 0.1) is 57.8 Å². The molecule has 37 N–H and O–H groups in total. The van der Waals surface area contributed by atoms with E-state index in [-0.39, 0.29) is 42.9 Å². The fourth-order valence-corrected chi connectivity index (χ4v) is 13.3. The number of nitrogens with two attached hydrogens (primary N) is 7. The molecule has 55 heteroatoms. The van der Waals surface area contributed by atoms with Crippen molar-refractivity contribution in [2.45, 2.75) is 214 Å². The van der Waals surface area contributed by atoms with Crippen LogP contribution in [0.4, 0.5) is 0 Å². The molecule has 0 aromatic heterocycles. The Kier molecular flexibility index (Phi) is 50.2. The van der Waals surface area contributed by atoms with Crippen molar-refractivity contribution in [3.05, 3.63) is 102 Å². The highest BCUT2D eigenvalue weighted by Crippen LogP contribution is 2.17. The maximum absolute atomic E-state index is 14.4. The molecule has 3 aromatic rings. The van der Waals surface area contributed by atoms with Crippen molar-refractivity contribution in [2.75, 3.05) is 31.3 Å². The van der Waals surface area contributed by atoms with Crippen molar-refractivity contribution in [3.8, 4) is 5.75 Å². The molecule has 0 unspecified atom stereocenters. The number of phenolic OH excluding ortho intramolecular Hbond substituents is 1. The highest BCUT2D eigenvalue weighted by molar-refractivity contribution is 7.80. The Morgan fingerprint density at radius 1 is 0.341 bits per heavy atom. The Balaban J connectivity index is 1.87. The highest BCUT2D eigenvalue weighted by Gasteiger charge is 2.42. The number of benzene rings is 3. The molecule has 21 amide bonds. The lowest BCUT2D eigenvalue weighted by molar-refractivity contribution is -0.144. The summed E-state index contributed by atoms with van der Waals surface area (Å²) in [6, 6.07) is -9.82. The van der Waals surface area contributed by atoms with Gasteiger partial charge >= 0.3 is 11.9 Å². The Morgan fingerprint density at radius 3 is 1.01 bits per heavy atom. The molecule has 0 aliphatic heterocycles. The summed E-state index contributed by atoms with van der Waals surface area (Å²) in [7, 11) is 0. The number of thiol groups is 2. The number of rotatable bonds is 62. The summed E-state index contributed by atoms with van der Waals surface area (Å²) in [5, 5.41) is 95.2. The molecule has 0 heterocycles. The number of aliphatic carboxylic acids is 2. The summed E-state index contributed by atoms with van der Waals surface area (Å²) >= 11 is 8.34. The smallest absolute Gasteiger partial charge is 0.328 e. The summed E-state index contributed by atoms with van der Waals surface area (Å²) < 4.78 is 0. The predicted molar refractivity (Wildman–Crippen MR) is 491 cm³/mol. The zero-order valence-electron chi connectivity index (χ0n) is 75.6. The van der Waals surface area contributed by atoms with E-state index in [9.17, 15) is 136 Å². The Hall–Kier alpha value is -14.9. The number of hydrogen-bond donors (Lipinski definition) is 32. The lowest BCUT2D eigenvalue weighted by atomic mass is 9.97. The van der Waals surface area contributed by atoms with Crippen LogP contribution in [-0.4, -0.2) is 301 Å². The molecule has 0 radical (unpaired) electrons. The molecule has 0 spiro atoms. The molecule has 3 rings (SSSR count). The first-order valence-corrected chi connectivity index (χ1v) is 44.0. The van der Waals surface area contributed by atoms with Gasteiger partial charge in [0.2, 0.25) is 124 Å². The summed E-state index contributed by atoms with van der Waals surface area (Å²) in [6.07, 6.45) is -7.63. The molecule has 0 fully saturated rings. The minimum Gasteiger partial charge on any atom is -0.508 e. The fraction of sp³-hybridized carbons (Fsp3) is 0.494. The molecule has 0 aliphatic carbocycles. The minimum atomic E-state index is -2.18. The van der Waals surface area contributed by atoms with Crippen LogP contribution in [0.5, 0.6) is 5.75 Å². The quantitative estimate of drug-likeness (QED) is 0.0108. The lowest BCUT2D eigenvalue weighted by Crippen LogP contribution is -2.62. The van der Waals surface area contributed by atoms with Gasteiger partial charge in [-0.05, 0) is 66.8 Å². The summed E-state index contributed by atoms with van der Waals surface area (Å²) in [5.41, 5.74) is 40.2. The molecule has 0 aliphatic rings. The average molecular weight is 1980 g/mol. The van der Waals surface area contributed by atoms with Crippen molar-refractivity contribution in [1.82, 2.24) is 90.4 Å². The van der Waals surface area contributed by atoms with Gasteiger partial charge in [0, 0.05) is 30.9 Å². The van der Waals surface area contributed by atoms with E-state index in [0.29, 0.717) is 11.1 Å². The van der Waals surface area contributed by atoms with Crippen molar-refractivity contribution in [2.24, 2.45) is 52.0 Å². The number of amides is 21. The number of carboxylic acid groups (broad SMARTS) is 2. The van der Waals surface area contributed by atoms with Crippen LogP contribution in [0, 0.1) is 17.2 Å². The second-order valence-corrected chi connectivity index (χ2v) is 32.7. The van der Waals surface area contributed by atoms with E-state index in [2.05, 4.69) is 105 Å². The van der Waals surface area contributed by atoms with E-state index in [4.69, 9.17) is 45.5 Å². The zero-order chi connectivity index (χ0) is 104. The molecule has 758 valence electrons. The van der Waals surface area contributed by atoms with Gasteiger partial charge in [-0.1, -0.05) is 107 Å². The first-order chi connectivity index (χ1) is 64.8. The lowest BCUT2D eigenvalue weighted by Gasteiger charge is -2.29. The monoisotopic (exact) mass is 1980 g/mol. The molecular weight excluding hydrogens is 1860 g/mol. The first-order valence-electron chi connectivity index (χ1n) is 42.7. The Labute approximate surface area is 800 Å². The van der Waals surface area contributed by atoms with Crippen LogP contribution in [0.15, 0.2) is 84.9 Å². The van der Waals surface area contributed by atoms with E-state index in [1.54, 1.807) is 43.3 Å². The molecule has 18 atom stereocenters. The number of carbonyl (C=O) groups excluding carboxylic acids is 21. The van der Waals surface area contributed by atoms with Gasteiger partial charge in [0.25, 0.3) is 0 Å². The molecule has 0 saturated heterocycles. The average Bonchev–Trinajstić information content (AvgIpc) is 0.845. The number of carboxylic acids is 2. The first kappa shape index (κ1) is 117. The molecular formula is C83H121N25O28S2. The van der Waals surface area contributed by atoms with E-state index < -0.39 is 333 Å². The van der Waals surface area contributed by atoms with Gasteiger partial charge in [-0.3, -0.25) is 111 Å². The van der Waals surface area contributed by atoms with Gasteiger partial charge in [0.15, 0.2) is 5.96 Å². The van der Waals surface area contributed by atoms with Crippen LogP contribution in [-0.2, 0) is 130 Å². The van der Waals surface area contributed by atoms with Crippen LogP contribution in [0.2, 0.25) is 0 Å². The van der Waals surface area contributed by atoms with Crippen LogP contribution in [0.1, 0.15) is 109 Å². The minimum absolute atomic E-state index is 0.0679. The molecule has 53 nitrogen and oxygen atoms in total. The van der Waals surface area contributed by atoms with Crippen LogP contribution < -0.4 is 131 Å². The van der Waals surface area contributed by atoms with Crippen molar-refractivity contribution in [3.63, 3.8) is 0 Å². The van der Waals surface area contributed by atoms with Gasteiger partial charge in [-0.2, -0.15) is 25.3 Å². The number of aliphatic hydroxyl groups is 2. The van der Waals surface area contributed by atoms with E-state index in [1.165, 1.54) is 69.3 Å². The van der Waals surface area contributed by atoms with Crippen LogP contribution in [0.3, 0.4) is 0 Å². The highest BCUT2D eigenvalue weighted by atomic mass is 32.1. The zero-order valence-corrected chi connectivity index (χ0v) is 77.4. The standard InChI is InChI=1S/C83H121N25O28S2/c1-6-38(4)65(108-76(129)52(31-62(89)116)100-78(131)56(35-137)105-67(120)44(84)24-40-14-9-7-10-15-40)81(134)102-50(29-60(87)114)73(126)98-51(30-61(88)115)75(128)107-64(37(2)3)80(133)106-57(36-138)79(132)99-49(28-59(86)113)71(124)95-46(25-41-16-11-8-12-17-41)69(122)93-39(5)66(119)103-54(33-109)77(130)94-45(18-13-23-92-83(90)91)68(121)97-48(27-58(85)112)72(125)101-53(32-63(117)118)74(127)96-47(26-42-19-21-43(111)22-20-42)70(123)104-55(34-110)82(135)136/h7-12,14-17,19-22,37-39,44-57,64-65,109-111,137-138H,6,13,18,23-36,84H2,1-5H3,(H2,85,112)(H2,86,113)(H2,87,114)(H2,88,115)(H2,89,116)(H,93,122)(H,94,130)(H,95,124)(H,96,127)(H,97,121)(H,98,126)(H,99,132)(H,100,131)(H,101,125)(H,102,134)(H,103,119)(H,104,123)(H,105,120)(H,106,133)(H,107,128)(H,108,129)(H,117,118)(H,135,136)(H4,90,91,92)/t38-,39-,44-,45-,46-,47-,48-,49-,50-,51-,52-,53-,54-,55-,56-,57-,64-,65-/m0/s1. The number of guanidine groups is 1. The molecule has 0 bridgehead atoms. The third kappa shape index (κ3) is 41.9. The largest absolute Gasteiger partial charge is 0.508 e. The second-order valence-electron chi connectivity index (χ2n) is 32.0. The second kappa shape index (κ2) is 59.1. The van der Waals surface area contributed by atoms with E-state index in [1.807, 2.05) is 10.6 Å². The SMILES string of the molecule is CC[C@H](C)[C@H](NC(=O)[C@H](CC(N)=O)NC(=O)[C@H](CS)NC(=O)[C@@H](N)Cc1ccccc1)C(=O)N[C@@H](CC(N)=O)C(=O)N[C@@H](CC(N)=O)C(=O)N[C@H](C(=O)N[C@@H](CS)C(=O)N[C@@H](CC(N)=O)C(=O)N[C@@H](Cc1ccccc1)C(=O)N[C@@H](C)C(=O)N[C@@H](CO)C(=O)N[C@@H](CCCNC(=N)N)C(=O)N[C@@H](CC(N)=O)C(=O)N[C@@H](CC(=O)O)C(=O)N[C@@H](Cc1ccc(O)cc1)C(=O)N[C@@H](CO)C(=O)O)C(C)C. The Bertz CT molecular complexity index is 4840. The number of phenols is 1. The molecule has 138 heavy (non-hydrogen) atoms. The number of primary amides is 5. The number of aromatic hydroxyl groups is 1. The van der Waals surface area contributed by atoms with Gasteiger partial charge in [-0.15, -0.1) is 0 Å². The predicted octanol–water partition coefficient (Wildman–Crippen LogP) is -12.7. The van der Waals surface area contributed by atoms with Crippen molar-refractivity contribution >= 4 is 167 Å². The third-order valence-electron chi connectivity index (χ3n) is 20.4.